The molecule has 1 heterocycles. The van der Waals surface area contributed by atoms with E-state index in [2.05, 4.69) is 10.2 Å². The summed E-state index contributed by atoms with van der Waals surface area (Å²) in [4.78, 5) is 14.5. The predicted octanol–water partition coefficient (Wildman–Crippen LogP) is 1.73. The summed E-state index contributed by atoms with van der Waals surface area (Å²) in [7, 11) is 2.04. The maximum atomic E-state index is 12.3. The normalized spacial score (nSPS) is 24.0. The molecule has 3 atom stereocenters. The average Bonchev–Trinajstić information content (AvgIpc) is 3.04. The second-order valence-corrected chi connectivity index (χ2v) is 5.99. The summed E-state index contributed by atoms with van der Waals surface area (Å²) in [6.45, 7) is 3.10. The fourth-order valence-corrected chi connectivity index (χ4v) is 3.21. The van der Waals surface area contributed by atoms with Crippen LogP contribution in [0.1, 0.15) is 38.4 Å². The molecule has 5 nitrogen and oxygen atoms in total. The monoisotopic (exact) mass is 293 g/mol. The Bertz CT molecular complexity index is 433. The van der Waals surface area contributed by atoms with Gasteiger partial charge in [0.05, 0.1) is 18.8 Å². The molecule has 118 valence electrons. The zero-order valence-electron chi connectivity index (χ0n) is 13.0. The van der Waals surface area contributed by atoms with Crippen LogP contribution in [0.3, 0.4) is 0 Å². The Morgan fingerprint density at radius 1 is 1.52 bits per heavy atom. The van der Waals surface area contributed by atoms with Gasteiger partial charge in [-0.2, -0.15) is 0 Å². The van der Waals surface area contributed by atoms with Crippen LogP contribution < -0.4 is 11.1 Å². The molecule has 0 radical (unpaired) electrons. The van der Waals surface area contributed by atoms with Gasteiger partial charge < -0.3 is 15.5 Å². The number of nitrogens with two attached hydrogens (primary N) is 1. The Labute approximate surface area is 126 Å². The van der Waals surface area contributed by atoms with E-state index in [1.807, 2.05) is 26.1 Å². The number of nitrogens with one attached hydrogen (secondary N) is 1. The fraction of sp³-hybridized carbons (Fsp3) is 0.688. The lowest BCUT2D eigenvalue weighted by Gasteiger charge is -2.40. The van der Waals surface area contributed by atoms with Crippen LogP contribution in [0, 0.1) is 5.92 Å². The number of amides is 1. The Balaban J connectivity index is 1.87. The number of hydrogen-bond acceptors (Lipinski definition) is 4. The minimum Gasteiger partial charge on any atom is -0.467 e. The molecule has 1 aliphatic carbocycles. The highest BCUT2D eigenvalue weighted by Crippen LogP contribution is 2.28. The second-order valence-electron chi connectivity index (χ2n) is 5.99. The van der Waals surface area contributed by atoms with Crippen LogP contribution in [0.4, 0.5) is 0 Å². The Morgan fingerprint density at radius 3 is 2.95 bits per heavy atom. The van der Waals surface area contributed by atoms with Gasteiger partial charge in [-0.3, -0.25) is 9.69 Å². The van der Waals surface area contributed by atoms with Gasteiger partial charge in [-0.1, -0.05) is 12.8 Å². The summed E-state index contributed by atoms with van der Waals surface area (Å²) in [5.41, 5.74) is 5.89. The van der Waals surface area contributed by atoms with Crippen LogP contribution >= 0.6 is 0 Å². The molecule has 0 aromatic carbocycles. The van der Waals surface area contributed by atoms with Gasteiger partial charge in [-0.05, 0) is 51.4 Å². The Kier molecular flexibility index (Phi) is 5.82. The summed E-state index contributed by atoms with van der Waals surface area (Å²) in [5, 5.41) is 2.93. The van der Waals surface area contributed by atoms with Crippen molar-refractivity contribution in [2.45, 2.75) is 51.2 Å². The summed E-state index contributed by atoms with van der Waals surface area (Å²) in [5.74, 6) is 1.31. The van der Waals surface area contributed by atoms with Gasteiger partial charge in [-0.15, -0.1) is 0 Å². The molecule has 2 rings (SSSR count). The Morgan fingerprint density at radius 2 is 2.29 bits per heavy atom. The molecule has 1 amide bonds. The van der Waals surface area contributed by atoms with E-state index in [0.717, 1.165) is 12.2 Å². The standard InChI is InChI=1S/C16H27N3O2/c1-12(16(20)18-11-14-7-5-9-21-14)19(2)15-8-4-3-6-13(15)10-17/h5,7,9,12-13,15H,3-4,6,8,10-11,17H2,1-2H3,(H,18,20). The van der Waals surface area contributed by atoms with Gasteiger partial charge in [0, 0.05) is 6.04 Å². The molecule has 1 aromatic heterocycles. The molecule has 0 saturated heterocycles. The lowest BCUT2D eigenvalue weighted by molar-refractivity contribution is -0.127. The van der Waals surface area contributed by atoms with Crippen LogP contribution in [-0.4, -0.2) is 36.5 Å². The number of nitrogens with zero attached hydrogens (tertiary/aromatic N) is 1. The SMILES string of the molecule is CC(C(=O)NCc1ccco1)N(C)C1CCCCC1CN. The minimum atomic E-state index is -0.155. The molecule has 3 N–H and O–H groups in total. The summed E-state index contributed by atoms with van der Waals surface area (Å²) in [6, 6.07) is 3.94. The summed E-state index contributed by atoms with van der Waals surface area (Å²) in [6.07, 6.45) is 6.41. The first kappa shape index (κ1) is 16.0. The second kappa shape index (κ2) is 7.61. The molecule has 0 spiro atoms. The number of carbonyl (C=O) groups is 1. The average molecular weight is 293 g/mol. The zero-order chi connectivity index (χ0) is 15.2. The van der Waals surface area contributed by atoms with Crippen LogP contribution in [0.5, 0.6) is 0 Å². The van der Waals surface area contributed by atoms with Crippen molar-refractivity contribution in [3.63, 3.8) is 0 Å². The molecule has 1 fully saturated rings. The van der Waals surface area contributed by atoms with Gasteiger partial charge in [0.15, 0.2) is 0 Å². The van der Waals surface area contributed by atoms with Crippen LogP contribution in [0.15, 0.2) is 22.8 Å². The van der Waals surface area contributed by atoms with E-state index in [1.54, 1.807) is 6.26 Å². The molecule has 1 aliphatic rings. The number of likely N-dealkylation sites (N-methyl/N-ethyl adjacent to an activating group) is 1. The predicted molar refractivity (Wildman–Crippen MR) is 82.6 cm³/mol. The molecule has 3 unspecified atom stereocenters. The summed E-state index contributed by atoms with van der Waals surface area (Å²) < 4.78 is 5.23. The van der Waals surface area contributed by atoms with E-state index < -0.39 is 0 Å². The quantitative estimate of drug-likeness (QED) is 0.838. The maximum Gasteiger partial charge on any atom is 0.237 e. The first-order chi connectivity index (χ1) is 10.1. The van der Waals surface area contributed by atoms with Crippen molar-refractivity contribution >= 4 is 5.91 Å². The van der Waals surface area contributed by atoms with Crippen molar-refractivity contribution in [1.82, 2.24) is 10.2 Å². The topological polar surface area (TPSA) is 71.5 Å². The highest BCUT2D eigenvalue weighted by Gasteiger charge is 2.31. The zero-order valence-corrected chi connectivity index (χ0v) is 13.0. The van der Waals surface area contributed by atoms with Gasteiger partial charge in [-0.25, -0.2) is 0 Å². The third-order valence-electron chi connectivity index (χ3n) is 4.70. The fourth-order valence-electron chi connectivity index (χ4n) is 3.21. The van der Waals surface area contributed by atoms with Crippen molar-refractivity contribution in [1.29, 1.82) is 0 Å². The van der Waals surface area contributed by atoms with Gasteiger partial charge in [0.25, 0.3) is 0 Å². The third kappa shape index (κ3) is 4.08. The van der Waals surface area contributed by atoms with Gasteiger partial charge in [0.2, 0.25) is 5.91 Å². The van der Waals surface area contributed by atoms with E-state index in [1.165, 1.54) is 19.3 Å². The smallest absolute Gasteiger partial charge is 0.237 e. The molecular weight excluding hydrogens is 266 g/mol. The van der Waals surface area contributed by atoms with E-state index in [-0.39, 0.29) is 11.9 Å². The molecule has 5 heteroatoms. The maximum absolute atomic E-state index is 12.3. The van der Waals surface area contributed by atoms with Crippen molar-refractivity contribution in [3.05, 3.63) is 24.2 Å². The first-order valence-electron chi connectivity index (χ1n) is 7.85. The first-order valence-corrected chi connectivity index (χ1v) is 7.85. The van der Waals surface area contributed by atoms with Crippen molar-refractivity contribution in [2.24, 2.45) is 11.7 Å². The van der Waals surface area contributed by atoms with Crippen LogP contribution in [0.2, 0.25) is 0 Å². The number of carbonyl (C=O) groups excluding carboxylic acids is 1. The van der Waals surface area contributed by atoms with Crippen molar-refractivity contribution in [3.8, 4) is 0 Å². The minimum absolute atomic E-state index is 0.0373. The number of rotatable bonds is 6. The van der Waals surface area contributed by atoms with Crippen LogP contribution in [-0.2, 0) is 11.3 Å². The molecular formula is C16H27N3O2. The molecule has 1 saturated carbocycles. The number of furan rings is 1. The third-order valence-corrected chi connectivity index (χ3v) is 4.70. The lowest BCUT2D eigenvalue weighted by Crippen LogP contribution is -2.51. The Hall–Kier alpha value is -1.33. The molecule has 0 bridgehead atoms. The van der Waals surface area contributed by atoms with Crippen molar-refractivity contribution in [2.75, 3.05) is 13.6 Å². The van der Waals surface area contributed by atoms with E-state index >= 15 is 0 Å². The highest BCUT2D eigenvalue weighted by atomic mass is 16.3. The van der Waals surface area contributed by atoms with E-state index in [9.17, 15) is 4.79 Å². The highest BCUT2D eigenvalue weighted by molar-refractivity contribution is 5.81. The molecule has 1 aromatic rings. The van der Waals surface area contributed by atoms with Crippen LogP contribution in [0.25, 0.3) is 0 Å². The molecule has 21 heavy (non-hydrogen) atoms. The van der Waals surface area contributed by atoms with Gasteiger partial charge in [0.1, 0.15) is 5.76 Å². The van der Waals surface area contributed by atoms with Crippen molar-refractivity contribution < 1.29 is 9.21 Å². The lowest BCUT2D eigenvalue weighted by atomic mass is 9.83. The number of hydrogen-bond donors (Lipinski definition) is 2. The largest absolute Gasteiger partial charge is 0.467 e. The van der Waals surface area contributed by atoms with E-state index in [4.69, 9.17) is 10.2 Å². The van der Waals surface area contributed by atoms with Gasteiger partial charge >= 0.3 is 0 Å². The summed E-state index contributed by atoms with van der Waals surface area (Å²) >= 11 is 0. The van der Waals surface area contributed by atoms with E-state index in [0.29, 0.717) is 25.0 Å². The molecule has 0 aliphatic heterocycles.